The van der Waals surface area contributed by atoms with Crippen LogP contribution in [0, 0.1) is 56.2 Å². The molecule has 1 saturated heterocycles. The fourth-order valence-electron chi connectivity index (χ4n) is 12.9. The van der Waals surface area contributed by atoms with Crippen LogP contribution in [0.2, 0.25) is 0 Å². The number of hydrogen-bond donors (Lipinski definition) is 5. The highest BCUT2D eigenvalue weighted by Crippen LogP contribution is 2.76. The van der Waals surface area contributed by atoms with E-state index in [2.05, 4.69) is 54.5 Å². The van der Waals surface area contributed by atoms with Gasteiger partial charge in [-0.05, 0) is 122 Å². The molecule has 0 radical (unpaired) electrons. The number of ether oxygens (including phenoxy) is 1. The Balaban J connectivity index is 1.32. The van der Waals surface area contributed by atoms with Crippen molar-refractivity contribution in [3.63, 3.8) is 0 Å². The molecule has 5 N–H and O–H groups in total. The maximum absolute atomic E-state index is 12.9. The van der Waals surface area contributed by atoms with Crippen LogP contribution in [0.4, 0.5) is 0 Å². The number of aliphatic carboxylic acids is 1. The quantitative estimate of drug-likeness (QED) is 0.257. The number of fused-ring (bicyclic) bond motifs is 7. The molecule has 6 unspecified atom stereocenters. The van der Waals surface area contributed by atoms with E-state index in [9.17, 15) is 30.3 Å². The van der Waals surface area contributed by atoms with E-state index in [-0.39, 0.29) is 38.9 Å². The number of carbonyl (C=O) groups is 1. The average Bonchev–Trinajstić information content (AvgIpc) is 2.93. The van der Waals surface area contributed by atoms with Crippen LogP contribution < -0.4 is 0 Å². The molecule has 0 aromatic rings. The van der Waals surface area contributed by atoms with E-state index in [0.29, 0.717) is 11.8 Å². The molecule has 5 fully saturated rings. The van der Waals surface area contributed by atoms with E-state index >= 15 is 0 Å². The Morgan fingerprint density at radius 3 is 2.18 bits per heavy atom. The molecular formula is C37H60O7. The van der Waals surface area contributed by atoms with Gasteiger partial charge in [0.1, 0.15) is 24.4 Å². The summed E-state index contributed by atoms with van der Waals surface area (Å²) in [6, 6.07) is 0. The first-order chi connectivity index (χ1) is 20.3. The molecule has 6 rings (SSSR count). The van der Waals surface area contributed by atoms with E-state index in [1.165, 1.54) is 5.57 Å². The summed E-state index contributed by atoms with van der Waals surface area (Å²) in [7, 11) is 0. The van der Waals surface area contributed by atoms with Crippen molar-refractivity contribution in [1.82, 2.24) is 0 Å². The molecule has 5 aliphatic carbocycles. The molecule has 250 valence electrons. The fourth-order valence-corrected chi connectivity index (χ4v) is 12.9. The minimum atomic E-state index is -1.35. The SMILES string of the molecule is CC1O[C@@H](C(O)[C@@H]2CC[C@@]3(C)C(CC[C@]4(C)C3CC=C3C5CC(C)(C)CC[C@]5(C(=O)O)CC[C@]34C)C2(C)C)C(O)[C@@H](O)[C@H]1O. The van der Waals surface area contributed by atoms with Gasteiger partial charge in [-0.1, -0.05) is 60.1 Å². The summed E-state index contributed by atoms with van der Waals surface area (Å²) in [5, 5.41) is 54.0. The second kappa shape index (κ2) is 10.3. The Labute approximate surface area is 264 Å². The van der Waals surface area contributed by atoms with Crippen molar-refractivity contribution in [3.05, 3.63) is 11.6 Å². The number of aliphatic hydroxyl groups excluding tert-OH is 4. The van der Waals surface area contributed by atoms with Gasteiger partial charge in [-0.25, -0.2) is 0 Å². The molecule has 4 saturated carbocycles. The van der Waals surface area contributed by atoms with E-state index in [0.717, 1.165) is 64.2 Å². The molecule has 0 bridgehead atoms. The molecule has 0 spiro atoms. The van der Waals surface area contributed by atoms with Gasteiger partial charge in [0, 0.05) is 0 Å². The van der Waals surface area contributed by atoms with Gasteiger partial charge in [-0.15, -0.1) is 0 Å². The third kappa shape index (κ3) is 4.27. The lowest BCUT2D eigenvalue weighted by molar-refractivity contribution is -0.260. The lowest BCUT2D eigenvalue weighted by atomic mass is 9.33. The molecular weight excluding hydrogens is 556 g/mol. The summed E-state index contributed by atoms with van der Waals surface area (Å²) in [5.74, 6) is 0.225. The molecule has 0 aromatic carbocycles. The van der Waals surface area contributed by atoms with Crippen molar-refractivity contribution < 1.29 is 35.1 Å². The van der Waals surface area contributed by atoms with Gasteiger partial charge in [0.05, 0.1) is 17.6 Å². The molecule has 7 nitrogen and oxygen atoms in total. The Morgan fingerprint density at radius 1 is 0.864 bits per heavy atom. The predicted molar refractivity (Wildman–Crippen MR) is 169 cm³/mol. The second-order valence-electron chi connectivity index (χ2n) is 18.4. The van der Waals surface area contributed by atoms with E-state index < -0.39 is 48.0 Å². The van der Waals surface area contributed by atoms with Crippen molar-refractivity contribution in [2.45, 2.75) is 156 Å². The van der Waals surface area contributed by atoms with Crippen LogP contribution in [-0.2, 0) is 9.53 Å². The third-order valence-electron chi connectivity index (χ3n) is 15.8. The summed E-state index contributed by atoms with van der Waals surface area (Å²) >= 11 is 0. The van der Waals surface area contributed by atoms with Crippen molar-refractivity contribution in [1.29, 1.82) is 0 Å². The van der Waals surface area contributed by atoms with Crippen LogP contribution in [0.3, 0.4) is 0 Å². The summed E-state index contributed by atoms with van der Waals surface area (Å²) in [5.41, 5.74) is 0.817. The van der Waals surface area contributed by atoms with E-state index in [1.807, 2.05) is 0 Å². The van der Waals surface area contributed by atoms with Crippen molar-refractivity contribution >= 4 is 5.97 Å². The van der Waals surface area contributed by atoms with Gasteiger partial charge in [0.15, 0.2) is 0 Å². The van der Waals surface area contributed by atoms with Gasteiger partial charge >= 0.3 is 5.97 Å². The summed E-state index contributed by atoms with van der Waals surface area (Å²) < 4.78 is 5.95. The van der Waals surface area contributed by atoms with Gasteiger partial charge in [-0.2, -0.15) is 0 Å². The lowest BCUT2D eigenvalue weighted by Crippen LogP contribution is -2.66. The fraction of sp³-hybridized carbons (Fsp3) is 0.919. The Kier molecular flexibility index (Phi) is 7.67. The Hall–Kier alpha value is -0.990. The van der Waals surface area contributed by atoms with Gasteiger partial charge in [0.25, 0.3) is 0 Å². The molecule has 44 heavy (non-hydrogen) atoms. The molecule has 0 aromatic heterocycles. The first-order valence-corrected chi connectivity index (χ1v) is 17.6. The largest absolute Gasteiger partial charge is 0.481 e. The van der Waals surface area contributed by atoms with Gasteiger partial charge in [0.2, 0.25) is 0 Å². The molecule has 6 aliphatic rings. The highest BCUT2D eigenvalue weighted by Gasteiger charge is 2.69. The van der Waals surface area contributed by atoms with Gasteiger partial charge in [-0.3, -0.25) is 4.79 Å². The minimum Gasteiger partial charge on any atom is -0.481 e. The molecule has 1 aliphatic heterocycles. The van der Waals surface area contributed by atoms with Crippen molar-refractivity contribution in [2.24, 2.45) is 56.2 Å². The Bertz CT molecular complexity index is 1190. The maximum Gasteiger partial charge on any atom is 0.310 e. The van der Waals surface area contributed by atoms with Crippen molar-refractivity contribution in [3.8, 4) is 0 Å². The zero-order chi connectivity index (χ0) is 32.4. The summed E-state index contributed by atoms with van der Waals surface area (Å²) in [6.45, 7) is 18.4. The number of carboxylic acids is 1. The topological polar surface area (TPSA) is 127 Å². The number of aliphatic hydroxyl groups is 4. The van der Waals surface area contributed by atoms with Crippen LogP contribution in [0.25, 0.3) is 0 Å². The van der Waals surface area contributed by atoms with Crippen LogP contribution in [-0.4, -0.2) is 68.1 Å². The summed E-state index contributed by atoms with van der Waals surface area (Å²) in [4.78, 5) is 12.9. The number of rotatable bonds is 3. The maximum atomic E-state index is 12.9. The predicted octanol–water partition coefficient (Wildman–Crippen LogP) is 5.72. The highest BCUT2D eigenvalue weighted by molar-refractivity contribution is 5.76. The number of hydrogen-bond acceptors (Lipinski definition) is 6. The molecule has 1 heterocycles. The molecule has 7 heteroatoms. The van der Waals surface area contributed by atoms with Crippen LogP contribution in [0.1, 0.15) is 120 Å². The Morgan fingerprint density at radius 2 is 1.52 bits per heavy atom. The zero-order valence-electron chi connectivity index (χ0n) is 28.5. The number of allylic oxidation sites excluding steroid dienone is 2. The third-order valence-corrected chi connectivity index (χ3v) is 15.8. The average molecular weight is 617 g/mol. The van der Waals surface area contributed by atoms with Crippen LogP contribution in [0.5, 0.6) is 0 Å². The zero-order valence-corrected chi connectivity index (χ0v) is 28.5. The second-order valence-corrected chi connectivity index (χ2v) is 18.4. The number of carboxylic acid groups (broad SMARTS) is 1. The smallest absolute Gasteiger partial charge is 0.310 e. The monoisotopic (exact) mass is 616 g/mol. The standard InChI is InChI=1S/C37H60O7/c1-20-26(38)28(40)29(41)30(44-20)27(39)22-11-13-34(6)24(33(22,4)5)12-14-36(8)25(34)10-9-21-23-19-32(2,3)15-17-37(23,31(42)43)18-16-35(21,36)7/h9,20,22-30,38-41H,10-19H2,1-8H3,(H,42,43)/t20?,22-,23?,24?,25?,26-,27?,28-,29?,30-,34-,35+,36+,37-/m0/s1. The van der Waals surface area contributed by atoms with E-state index in [4.69, 9.17) is 4.74 Å². The lowest BCUT2D eigenvalue weighted by Gasteiger charge is -2.71. The van der Waals surface area contributed by atoms with Crippen molar-refractivity contribution in [2.75, 3.05) is 0 Å². The first kappa shape index (κ1) is 32.9. The normalized spacial score (nSPS) is 53.6. The summed E-state index contributed by atoms with van der Waals surface area (Å²) in [6.07, 6.45) is 5.37. The van der Waals surface area contributed by atoms with Crippen LogP contribution in [0.15, 0.2) is 11.6 Å². The molecule has 14 atom stereocenters. The molecule has 0 amide bonds. The van der Waals surface area contributed by atoms with Gasteiger partial charge < -0.3 is 30.3 Å². The van der Waals surface area contributed by atoms with E-state index in [1.54, 1.807) is 6.92 Å². The van der Waals surface area contributed by atoms with Crippen LogP contribution >= 0.6 is 0 Å². The first-order valence-electron chi connectivity index (χ1n) is 17.6. The minimum absolute atomic E-state index is 0.0331. The highest BCUT2D eigenvalue weighted by atomic mass is 16.5.